The molecule has 0 fully saturated rings. The summed E-state index contributed by atoms with van der Waals surface area (Å²) in [6, 6.07) is 120. The molecule has 2 aliphatic rings. The van der Waals surface area contributed by atoms with Gasteiger partial charge in [0.25, 0.3) is 6.71 Å². The summed E-state index contributed by atoms with van der Waals surface area (Å²) >= 11 is 1.88. The lowest BCUT2D eigenvalue weighted by Gasteiger charge is -2.46. The van der Waals surface area contributed by atoms with Crippen molar-refractivity contribution in [1.82, 2.24) is 0 Å². The Hall–Kier alpha value is -12.2. The number of fused-ring (bicyclic) bond motifs is 13. The van der Waals surface area contributed by atoms with Crippen LogP contribution in [-0.2, 0) is 10.8 Å². The summed E-state index contributed by atoms with van der Waals surface area (Å²) in [6.45, 7) is 13.8. The van der Waals surface area contributed by atoms with Gasteiger partial charge >= 0.3 is 0 Å². The second kappa shape index (κ2) is 23.7. The van der Waals surface area contributed by atoms with Crippen LogP contribution in [0, 0.1) is 0 Å². The van der Waals surface area contributed by atoms with Gasteiger partial charge in [-0.3, -0.25) is 0 Å². The van der Waals surface area contributed by atoms with E-state index in [-0.39, 0.29) is 17.5 Å². The molecule has 0 radical (unpaired) electrons. The van der Waals surface area contributed by atoms with Gasteiger partial charge in [-0.2, -0.15) is 0 Å². The number of nitrogens with zero attached hydrogens (tertiary/aromatic N) is 2. The zero-order chi connectivity index (χ0) is 69.7. The molecular formula is C98H71BN2O2S. The molecule has 5 heterocycles. The highest BCUT2D eigenvalue weighted by Gasteiger charge is 2.47. The van der Waals surface area contributed by atoms with E-state index in [9.17, 15) is 0 Å². The minimum Gasteiger partial charge on any atom is -0.456 e. The number of hydrogen-bond donors (Lipinski definition) is 0. The number of rotatable bonds is 9. The van der Waals surface area contributed by atoms with Crippen LogP contribution < -0.4 is 26.2 Å². The molecule has 0 saturated heterocycles. The third-order valence-corrected chi connectivity index (χ3v) is 23.1. The van der Waals surface area contributed by atoms with Crippen LogP contribution in [0.5, 0.6) is 0 Å². The van der Waals surface area contributed by atoms with E-state index in [1.54, 1.807) is 0 Å². The standard InChI is InChI=1S/C98H71BN2O2S/c1-97(2,3)69-52-76(62-32-15-9-16-33-62)94(78(54-69)66-38-25-36-64(48-66)60-28-11-7-12-29-60)100-84-56-80-72-40-19-22-45-88(72)102-90(80)58-82(84)99-83-59-91-81(73-41-20-23-46-89(73)103-91)57-85(83)101(87-51-68(50-86(100)93(87)99)71-43-27-44-75-74-42-21-24-47-92(74)104-96(71)75)95-77(63-34-17-10-18-35-63)53-70(98(4,5)6)55-79(95)67-39-26-37-65(49-67)61-30-13-8-14-31-61/h7-59H,1-6H3. The SMILES string of the molecule is CC(C)(C)c1cc(-c2ccccc2)c(N2c3cc4c(cc3B3c5cc6oc7ccccc7c6cc5N(c5c(-c6ccccc6)cc(C(C)(C)C)cc5-c5cccc(-c6ccccc6)c5)c5cc(-c6cccc7c6sc6ccccc67)cc2c53)oc2ccccc24)c(-c2cccc(-c3ccccc3)c2)c1. The second-order valence-electron chi connectivity index (χ2n) is 30.3. The summed E-state index contributed by atoms with van der Waals surface area (Å²) in [7, 11) is 0. The maximum atomic E-state index is 7.18. The van der Waals surface area contributed by atoms with Crippen molar-refractivity contribution in [2.24, 2.45) is 0 Å². The minimum absolute atomic E-state index is 0.244. The first-order valence-corrected chi connectivity index (χ1v) is 37.0. The Bertz CT molecular complexity index is 6180. The van der Waals surface area contributed by atoms with Gasteiger partial charge in [0.2, 0.25) is 0 Å². The van der Waals surface area contributed by atoms with Crippen LogP contribution in [0.2, 0.25) is 0 Å². The molecule has 4 nitrogen and oxygen atoms in total. The summed E-state index contributed by atoms with van der Waals surface area (Å²) < 4.78 is 16.9. The zero-order valence-electron chi connectivity index (χ0n) is 58.8. The number of anilines is 6. The minimum atomic E-state index is -0.361. The van der Waals surface area contributed by atoms with Crippen molar-refractivity contribution in [3.8, 4) is 77.9 Å². The Kier molecular flexibility index (Phi) is 14.0. The summed E-state index contributed by atoms with van der Waals surface area (Å²) in [5.74, 6) is 0. The molecule has 2 aliphatic heterocycles. The molecule has 0 atom stereocenters. The van der Waals surface area contributed by atoms with Crippen LogP contribution in [0.1, 0.15) is 52.7 Å². The maximum Gasteiger partial charge on any atom is 0.252 e. The molecule has 0 spiro atoms. The van der Waals surface area contributed by atoms with E-state index >= 15 is 0 Å². The first-order valence-electron chi connectivity index (χ1n) is 36.2. The van der Waals surface area contributed by atoms with E-state index in [0.29, 0.717) is 0 Å². The first-order chi connectivity index (χ1) is 50.8. The quantitative estimate of drug-likeness (QED) is 0.135. The highest BCUT2D eigenvalue weighted by atomic mass is 32.1. The Morgan fingerprint density at radius 1 is 0.269 bits per heavy atom. The smallest absolute Gasteiger partial charge is 0.252 e. The van der Waals surface area contributed by atoms with Gasteiger partial charge in [-0.1, -0.05) is 272 Å². The highest BCUT2D eigenvalue weighted by molar-refractivity contribution is 7.26. The average molecular weight is 1350 g/mol. The molecule has 0 bridgehead atoms. The van der Waals surface area contributed by atoms with Crippen LogP contribution in [0.4, 0.5) is 34.1 Å². The Balaban J connectivity index is 1.00. The summed E-state index contributed by atoms with van der Waals surface area (Å²) in [6.07, 6.45) is 0. The lowest BCUT2D eigenvalue weighted by molar-refractivity contribution is 0.590. The number of hydrogen-bond acceptors (Lipinski definition) is 5. The molecule has 15 aromatic carbocycles. The van der Waals surface area contributed by atoms with Crippen molar-refractivity contribution in [1.29, 1.82) is 0 Å². The van der Waals surface area contributed by atoms with Crippen LogP contribution in [0.15, 0.2) is 330 Å². The molecular weight excluding hydrogens is 1280 g/mol. The number of thiophene rings is 1. The second-order valence-corrected chi connectivity index (χ2v) is 31.3. The van der Waals surface area contributed by atoms with E-state index in [2.05, 4.69) is 373 Å². The van der Waals surface area contributed by atoms with Gasteiger partial charge in [-0.25, -0.2) is 0 Å². The molecule has 0 unspecified atom stereocenters. The molecule has 494 valence electrons. The molecule has 20 rings (SSSR count). The monoisotopic (exact) mass is 1350 g/mol. The first kappa shape index (κ1) is 61.6. The number of para-hydroxylation sites is 2. The van der Waals surface area contributed by atoms with Gasteiger partial charge in [0.15, 0.2) is 0 Å². The van der Waals surface area contributed by atoms with Crippen LogP contribution in [0.25, 0.3) is 142 Å². The molecule has 0 amide bonds. The van der Waals surface area contributed by atoms with Crippen molar-refractivity contribution in [3.63, 3.8) is 0 Å². The van der Waals surface area contributed by atoms with Crippen molar-refractivity contribution in [3.05, 3.63) is 333 Å². The third-order valence-electron chi connectivity index (χ3n) is 21.9. The van der Waals surface area contributed by atoms with Crippen molar-refractivity contribution in [2.45, 2.75) is 52.4 Å². The predicted molar refractivity (Wildman–Crippen MR) is 443 cm³/mol. The van der Waals surface area contributed by atoms with Gasteiger partial charge in [0, 0.05) is 86.7 Å². The Labute approximate surface area is 610 Å². The van der Waals surface area contributed by atoms with Crippen molar-refractivity contribution in [2.75, 3.05) is 9.80 Å². The van der Waals surface area contributed by atoms with Crippen molar-refractivity contribution < 1.29 is 8.83 Å². The zero-order valence-corrected chi connectivity index (χ0v) is 59.6. The Morgan fingerprint density at radius 2 is 0.644 bits per heavy atom. The van der Waals surface area contributed by atoms with Gasteiger partial charge < -0.3 is 18.6 Å². The summed E-state index contributed by atoms with van der Waals surface area (Å²) in [4.78, 5) is 5.40. The number of furan rings is 2. The largest absolute Gasteiger partial charge is 0.456 e. The molecule has 6 heteroatoms. The van der Waals surface area contributed by atoms with Crippen LogP contribution in [-0.4, -0.2) is 6.71 Å². The lowest BCUT2D eigenvalue weighted by atomic mass is 9.33. The lowest BCUT2D eigenvalue weighted by Crippen LogP contribution is -2.61. The molecule has 104 heavy (non-hydrogen) atoms. The highest BCUT2D eigenvalue weighted by Crippen LogP contribution is 2.57. The van der Waals surface area contributed by atoms with E-state index < -0.39 is 0 Å². The fraction of sp³-hybridized carbons (Fsp3) is 0.0816. The summed E-state index contributed by atoms with van der Waals surface area (Å²) in [5.41, 5.74) is 31.2. The molecule has 3 aromatic heterocycles. The maximum absolute atomic E-state index is 7.18. The van der Waals surface area contributed by atoms with Crippen molar-refractivity contribution >= 4 is 133 Å². The van der Waals surface area contributed by atoms with E-state index in [1.807, 2.05) is 11.3 Å². The molecule has 0 N–H and O–H groups in total. The molecule has 0 saturated carbocycles. The van der Waals surface area contributed by atoms with E-state index in [1.165, 1.54) is 42.3 Å². The summed E-state index contributed by atoms with van der Waals surface area (Å²) in [5, 5.41) is 6.75. The van der Waals surface area contributed by atoms with Crippen LogP contribution >= 0.6 is 11.3 Å². The van der Waals surface area contributed by atoms with E-state index in [0.717, 1.165) is 161 Å². The Morgan fingerprint density at radius 3 is 1.11 bits per heavy atom. The van der Waals surface area contributed by atoms with Gasteiger partial charge in [0.05, 0.1) is 11.4 Å². The fourth-order valence-corrected chi connectivity index (χ4v) is 18.0. The van der Waals surface area contributed by atoms with Gasteiger partial charge in [-0.05, 0) is 185 Å². The third kappa shape index (κ3) is 9.94. The van der Waals surface area contributed by atoms with E-state index in [4.69, 9.17) is 8.83 Å². The topological polar surface area (TPSA) is 32.8 Å². The van der Waals surface area contributed by atoms with Gasteiger partial charge in [-0.15, -0.1) is 11.3 Å². The fourth-order valence-electron chi connectivity index (χ4n) is 16.8. The normalized spacial score (nSPS) is 12.8. The van der Waals surface area contributed by atoms with Crippen LogP contribution in [0.3, 0.4) is 0 Å². The number of benzene rings is 15. The molecule has 0 aliphatic carbocycles. The average Bonchev–Trinajstić information content (AvgIpc) is 0.992. The van der Waals surface area contributed by atoms with Gasteiger partial charge in [0.1, 0.15) is 22.3 Å². The predicted octanol–water partition coefficient (Wildman–Crippen LogP) is 26.2. The molecule has 18 aromatic rings.